The van der Waals surface area contributed by atoms with Crippen LogP contribution in [0.15, 0.2) is 22.6 Å². The van der Waals surface area contributed by atoms with Crippen LogP contribution in [0.2, 0.25) is 0 Å². The Hall–Kier alpha value is -2.50. The molecule has 0 aliphatic heterocycles. The van der Waals surface area contributed by atoms with E-state index in [1.54, 1.807) is 25.1 Å². The van der Waals surface area contributed by atoms with Gasteiger partial charge in [-0.15, -0.1) is 0 Å². The van der Waals surface area contributed by atoms with Crippen molar-refractivity contribution in [2.24, 2.45) is 0 Å². The Balaban J connectivity index is 2.64. The molecule has 1 heterocycles. The van der Waals surface area contributed by atoms with E-state index in [-0.39, 0.29) is 11.7 Å². The van der Waals surface area contributed by atoms with Gasteiger partial charge in [0.25, 0.3) is 0 Å². The summed E-state index contributed by atoms with van der Waals surface area (Å²) in [5.74, 6) is -0.202. The summed E-state index contributed by atoms with van der Waals surface area (Å²) in [6.45, 7) is 1.57. The van der Waals surface area contributed by atoms with E-state index in [1.165, 1.54) is 14.2 Å². The molecule has 0 unspecified atom stereocenters. The summed E-state index contributed by atoms with van der Waals surface area (Å²) in [5, 5.41) is 8.98. The van der Waals surface area contributed by atoms with Crippen molar-refractivity contribution in [1.29, 1.82) is 0 Å². The van der Waals surface area contributed by atoms with Gasteiger partial charge in [-0.2, -0.15) is 0 Å². The zero-order valence-corrected chi connectivity index (χ0v) is 10.8. The second kappa shape index (κ2) is 5.01. The molecule has 0 spiro atoms. The van der Waals surface area contributed by atoms with Crippen LogP contribution in [-0.2, 0) is 0 Å². The van der Waals surface area contributed by atoms with Crippen molar-refractivity contribution in [3.8, 4) is 23.0 Å². The summed E-state index contributed by atoms with van der Waals surface area (Å²) in [6, 6.07) is 5.20. The third-order valence-corrected chi connectivity index (χ3v) is 2.63. The molecule has 1 N–H and O–H groups in total. The molecule has 6 nitrogen and oxygen atoms in total. The van der Waals surface area contributed by atoms with Crippen molar-refractivity contribution < 1.29 is 23.8 Å². The minimum Gasteiger partial charge on any atom is -0.496 e. The number of aromatic nitrogens is 1. The molecule has 1 aromatic heterocycles. The Morgan fingerprint density at radius 1 is 1.26 bits per heavy atom. The van der Waals surface area contributed by atoms with Crippen molar-refractivity contribution in [3.63, 3.8) is 0 Å². The number of nitrogens with zero attached hydrogens (tertiary/aromatic N) is 1. The third kappa shape index (κ3) is 2.24. The molecule has 0 saturated heterocycles. The Kier molecular flexibility index (Phi) is 3.41. The van der Waals surface area contributed by atoms with Crippen LogP contribution in [0.5, 0.6) is 11.5 Å². The Bertz CT molecular complexity index is 595. The van der Waals surface area contributed by atoms with Gasteiger partial charge in [-0.05, 0) is 19.1 Å². The first kappa shape index (κ1) is 12.9. The maximum Gasteiger partial charge on any atom is 0.373 e. The van der Waals surface area contributed by atoms with Gasteiger partial charge >= 0.3 is 5.97 Å². The van der Waals surface area contributed by atoms with Gasteiger partial charge in [0, 0.05) is 0 Å². The predicted octanol–water partition coefficient (Wildman–Crippen LogP) is 2.37. The molecular formula is C13H13NO5. The van der Waals surface area contributed by atoms with Crippen molar-refractivity contribution in [2.75, 3.05) is 14.2 Å². The second-order valence-corrected chi connectivity index (χ2v) is 3.78. The number of aromatic carboxylic acids is 1. The van der Waals surface area contributed by atoms with Crippen LogP contribution in [0.3, 0.4) is 0 Å². The molecule has 1 aromatic carbocycles. The lowest BCUT2D eigenvalue weighted by Crippen LogP contribution is -1.95. The zero-order valence-electron chi connectivity index (χ0n) is 10.8. The molecule has 6 heteroatoms. The number of aryl methyl sites for hydroxylation is 1. The molecule has 0 radical (unpaired) electrons. The molecule has 100 valence electrons. The highest BCUT2D eigenvalue weighted by atomic mass is 16.5. The van der Waals surface area contributed by atoms with E-state index >= 15 is 0 Å². The lowest BCUT2D eigenvalue weighted by Gasteiger charge is -2.09. The van der Waals surface area contributed by atoms with E-state index in [4.69, 9.17) is 19.0 Å². The highest BCUT2D eigenvalue weighted by Crippen LogP contribution is 2.38. The molecule has 0 aliphatic carbocycles. The van der Waals surface area contributed by atoms with Gasteiger partial charge in [0.15, 0.2) is 0 Å². The van der Waals surface area contributed by atoms with Crippen molar-refractivity contribution in [3.05, 3.63) is 29.7 Å². The van der Waals surface area contributed by atoms with Crippen LogP contribution in [0.4, 0.5) is 0 Å². The van der Waals surface area contributed by atoms with Crippen LogP contribution in [-0.4, -0.2) is 30.3 Å². The van der Waals surface area contributed by atoms with Crippen molar-refractivity contribution in [2.45, 2.75) is 6.92 Å². The highest BCUT2D eigenvalue weighted by molar-refractivity contribution is 5.86. The van der Waals surface area contributed by atoms with Gasteiger partial charge in [0.1, 0.15) is 17.1 Å². The SMILES string of the molecule is COc1cccc(OC)c1-c1nc(C)c(C(=O)O)o1. The Labute approximate surface area is 109 Å². The number of rotatable bonds is 4. The number of benzene rings is 1. The van der Waals surface area contributed by atoms with Gasteiger partial charge < -0.3 is 19.0 Å². The van der Waals surface area contributed by atoms with Gasteiger partial charge in [0.05, 0.1) is 19.9 Å². The summed E-state index contributed by atoms with van der Waals surface area (Å²) >= 11 is 0. The second-order valence-electron chi connectivity index (χ2n) is 3.78. The lowest BCUT2D eigenvalue weighted by molar-refractivity contribution is 0.0662. The number of oxazole rings is 1. The summed E-state index contributed by atoms with van der Waals surface area (Å²) in [4.78, 5) is 15.1. The van der Waals surface area contributed by atoms with E-state index in [2.05, 4.69) is 4.98 Å². The monoisotopic (exact) mass is 263 g/mol. The average Bonchev–Trinajstić information content (AvgIpc) is 2.79. The molecule has 2 rings (SSSR count). The number of hydrogen-bond acceptors (Lipinski definition) is 5. The Morgan fingerprint density at radius 3 is 2.26 bits per heavy atom. The average molecular weight is 263 g/mol. The third-order valence-electron chi connectivity index (χ3n) is 2.63. The summed E-state index contributed by atoms with van der Waals surface area (Å²) in [5.41, 5.74) is 0.790. The van der Waals surface area contributed by atoms with Crippen LogP contribution in [0, 0.1) is 6.92 Å². The lowest BCUT2D eigenvalue weighted by atomic mass is 10.1. The van der Waals surface area contributed by atoms with Crippen LogP contribution in [0.1, 0.15) is 16.2 Å². The van der Waals surface area contributed by atoms with E-state index < -0.39 is 5.97 Å². The number of carbonyl (C=O) groups is 1. The largest absolute Gasteiger partial charge is 0.496 e. The van der Waals surface area contributed by atoms with Gasteiger partial charge in [-0.1, -0.05) is 6.07 Å². The number of carboxylic acid groups (broad SMARTS) is 1. The molecule has 0 bridgehead atoms. The normalized spacial score (nSPS) is 10.3. The highest BCUT2D eigenvalue weighted by Gasteiger charge is 2.22. The van der Waals surface area contributed by atoms with Crippen molar-refractivity contribution >= 4 is 5.97 Å². The van der Waals surface area contributed by atoms with E-state index in [9.17, 15) is 4.79 Å². The minimum absolute atomic E-state index is 0.157. The minimum atomic E-state index is -1.16. The van der Waals surface area contributed by atoms with Gasteiger partial charge in [0.2, 0.25) is 11.7 Å². The topological polar surface area (TPSA) is 81.8 Å². The van der Waals surface area contributed by atoms with E-state index in [0.717, 1.165) is 0 Å². The van der Waals surface area contributed by atoms with Crippen LogP contribution < -0.4 is 9.47 Å². The number of hydrogen-bond donors (Lipinski definition) is 1. The Morgan fingerprint density at radius 2 is 1.84 bits per heavy atom. The van der Waals surface area contributed by atoms with Gasteiger partial charge in [-0.25, -0.2) is 9.78 Å². The van der Waals surface area contributed by atoms with Crippen molar-refractivity contribution in [1.82, 2.24) is 4.98 Å². The first-order chi connectivity index (χ1) is 9.08. The fraction of sp³-hybridized carbons (Fsp3) is 0.231. The first-order valence-corrected chi connectivity index (χ1v) is 5.50. The van der Waals surface area contributed by atoms with Gasteiger partial charge in [-0.3, -0.25) is 0 Å². The van der Waals surface area contributed by atoms with Crippen LogP contribution in [0.25, 0.3) is 11.5 Å². The molecule has 0 aliphatic rings. The standard InChI is InChI=1S/C13H13NO5/c1-7-11(13(15)16)19-12(14-7)10-8(17-2)5-4-6-9(10)18-3/h4-6H,1-3H3,(H,15,16). The maximum absolute atomic E-state index is 11.0. The maximum atomic E-state index is 11.0. The predicted molar refractivity (Wildman–Crippen MR) is 66.7 cm³/mol. The first-order valence-electron chi connectivity index (χ1n) is 5.50. The number of carboxylic acids is 1. The zero-order chi connectivity index (χ0) is 14.0. The molecule has 0 saturated carbocycles. The molecule has 0 amide bonds. The quantitative estimate of drug-likeness (QED) is 0.911. The fourth-order valence-electron chi connectivity index (χ4n) is 1.76. The van der Waals surface area contributed by atoms with E-state index in [1.807, 2.05) is 0 Å². The number of ether oxygens (including phenoxy) is 2. The smallest absolute Gasteiger partial charge is 0.373 e. The number of methoxy groups -OCH3 is 2. The molecule has 0 atom stereocenters. The summed E-state index contributed by atoms with van der Waals surface area (Å²) < 4.78 is 15.7. The summed E-state index contributed by atoms with van der Waals surface area (Å²) in [6.07, 6.45) is 0. The molecule has 0 fully saturated rings. The molecule has 19 heavy (non-hydrogen) atoms. The fourth-order valence-corrected chi connectivity index (χ4v) is 1.76. The van der Waals surface area contributed by atoms with E-state index in [0.29, 0.717) is 22.8 Å². The molecule has 2 aromatic rings. The summed E-state index contributed by atoms with van der Waals surface area (Å²) in [7, 11) is 3.01. The molecular weight excluding hydrogens is 250 g/mol. The van der Waals surface area contributed by atoms with Crippen LogP contribution >= 0.6 is 0 Å².